The smallest absolute Gasteiger partial charge is 0.128 e. The summed E-state index contributed by atoms with van der Waals surface area (Å²) in [4.78, 5) is 0. The van der Waals surface area contributed by atoms with Gasteiger partial charge < -0.3 is 5.32 Å². The van der Waals surface area contributed by atoms with Gasteiger partial charge in [-0.25, -0.2) is 4.39 Å². The van der Waals surface area contributed by atoms with Crippen molar-refractivity contribution in [1.29, 1.82) is 0 Å². The lowest BCUT2D eigenvalue weighted by molar-refractivity contribution is 0.600. The van der Waals surface area contributed by atoms with E-state index in [4.69, 9.17) is 0 Å². The number of anilines is 1. The first kappa shape index (κ1) is 14.1. The van der Waals surface area contributed by atoms with Crippen LogP contribution in [-0.4, -0.2) is 0 Å². The Kier molecular flexibility index (Phi) is 4.59. The van der Waals surface area contributed by atoms with Gasteiger partial charge in [0.2, 0.25) is 0 Å². The Bertz CT molecular complexity index is 568. The van der Waals surface area contributed by atoms with Crippen LogP contribution in [0.3, 0.4) is 0 Å². The van der Waals surface area contributed by atoms with Crippen molar-refractivity contribution in [3.05, 3.63) is 63.9 Å². The lowest BCUT2D eigenvalue weighted by atomic mass is 10.1. The van der Waals surface area contributed by atoms with E-state index < -0.39 is 0 Å². The van der Waals surface area contributed by atoms with E-state index in [2.05, 4.69) is 40.3 Å². The largest absolute Gasteiger partial charge is 0.378 e. The van der Waals surface area contributed by atoms with Crippen LogP contribution in [0.1, 0.15) is 31.0 Å². The van der Waals surface area contributed by atoms with E-state index in [1.165, 1.54) is 11.6 Å². The van der Waals surface area contributed by atoms with Gasteiger partial charge in [-0.15, -0.1) is 0 Å². The Morgan fingerprint density at radius 1 is 1.21 bits per heavy atom. The van der Waals surface area contributed by atoms with Gasteiger partial charge in [0.25, 0.3) is 0 Å². The maximum absolute atomic E-state index is 13.8. The highest BCUT2D eigenvalue weighted by molar-refractivity contribution is 9.10. The molecule has 0 fully saturated rings. The standard InChI is InChI=1S/C16H17BrFN/c1-3-12-5-4-6-14(9-12)19-11(2)15-10-13(17)7-8-16(15)18/h4-11,19H,3H2,1-2H3. The van der Waals surface area contributed by atoms with Gasteiger partial charge in [-0.1, -0.05) is 35.0 Å². The van der Waals surface area contributed by atoms with Gasteiger partial charge in [0.05, 0.1) is 6.04 Å². The molecule has 0 aliphatic carbocycles. The summed E-state index contributed by atoms with van der Waals surface area (Å²) in [6.07, 6.45) is 0.995. The molecule has 0 heterocycles. The molecule has 0 aliphatic rings. The van der Waals surface area contributed by atoms with Crippen molar-refractivity contribution >= 4 is 21.6 Å². The summed E-state index contributed by atoms with van der Waals surface area (Å²) in [5, 5.41) is 3.34. The fourth-order valence-electron chi connectivity index (χ4n) is 2.06. The molecule has 0 saturated heterocycles. The fourth-order valence-corrected chi connectivity index (χ4v) is 2.43. The average Bonchev–Trinajstić information content (AvgIpc) is 2.41. The van der Waals surface area contributed by atoms with Crippen molar-refractivity contribution in [3.8, 4) is 0 Å². The SMILES string of the molecule is CCc1cccc(NC(C)c2cc(Br)ccc2F)c1. The van der Waals surface area contributed by atoms with E-state index in [-0.39, 0.29) is 11.9 Å². The Morgan fingerprint density at radius 3 is 2.74 bits per heavy atom. The molecule has 1 N–H and O–H groups in total. The third kappa shape index (κ3) is 3.57. The molecule has 3 heteroatoms. The van der Waals surface area contributed by atoms with E-state index in [9.17, 15) is 4.39 Å². The first-order chi connectivity index (χ1) is 9.10. The zero-order chi connectivity index (χ0) is 13.8. The quantitative estimate of drug-likeness (QED) is 0.803. The molecule has 2 aromatic carbocycles. The second-order valence-electron chi connectivity index (χ2n) is 4.59. The summed E-state index contributed by atoms with van der Waals surface area (Å²) in [7, 11) is 0. The highest BCUT2D eigenvalue weighted by atomic mass is 79.9. The van der Waals surface area contributed by atoms with Crippen LogP contribution in [0.25, 0.3) is 0 Å². The maximum Gasteiger partial charge on any atom is 0.128 e. The first-order valence-electron chi connectivity index (χ1n) is 6.40. The van der Waals surface area contributed by atoms with Gasteiger partial charge in [-0.2, -0.15) is 0 Å². The van der Waals surface area contributed by atoms with Gasteiger partial charge in [0.1, 0.15) is 5.82 Å². The van der Waals surface area contributed by atoms with Crippen LogP contribution in [0.15, 0.2) is 46.9 Å². The predicted molar refractivity (Wildman–Crippen MR) is 82.0 cm³/mol. The highest BCUT2D eigenvalue weighted by Crippen LogP contribution is 2.25. The second kappa shape index (κ2) is 6.20. The molecule has 0 saturated carbocycles. The van der Waals surface area contributed by atoms with Crippen LogP contribution in [0, 0.1) is 5.82 Å². The lowest BCUT2D eigenvalue weighted by Gasteiger charge is -2.17. The average molecular weight is 322 g/mol. The summed E-state index contributed by atoms with van der Waals surface area (Å²) >= 11 is 3.38. The van der Waals surface area contributed by atoms with Crippen molar-refractivity contribution in [2.75, 3.05) is 5.32 Å². The van der Waals surface area contributed by atoms with E-state index in [0.29, 0.717) is 5.56 Å². The summed E-state index contributed by atoms with van der Waals surface area (Å²) in [5.74, 6) is -0.185. The van der Waals surface area contributed by atoms with Crippen LogP contribution in [-0.2, 0) is 6.42 Å². The van der Waals surface area contributed by atoms with Crippen molar-refractivity contribution in [3.63, 3.8) is 0 Å². The van der Waals surface area contributed by atoms with Gasteiger partial charge in [-0.05, 0) is 49.2 Å². The fraction of sp³-hybridized carbons (Fsp3) is 0.250. The van der Waals surface area contributed by atoms with Crippen LogP contribution in [0.4, 0.5) is 10.1 Å². The van der Waals surface area contributed by atoms with Crippen LogP contribution >= 0.6 is 15.9 Å². The van der Waals surface area contributed by atoms with Crippen molar-refractivity contribution in [2.45, 2.75) is 26.3 Å². The molecule has 0 bridgehead atoms. The number of aryl methyl sites for hydroxylation is 1. The molecule has 1 unspecified atom stereocenters. The molecule has 0 aromatic heterocycles. The minimum Gasteiger partial charge on any atom is -0.378 e. The normalized spacial score (nSPS) is 12.2. The molecular formula is C16H17BrFN. The molecule has 0 amide bonds. The molecule has 0 aliphatic heterocycles. The minimum atomic E-state index is -0.185. The molecule has 0 radical (unpaired) electrons. The van der Waals surface area contributed by atoms with Gasteiger partial charge in [0.15, 0.2) is 0 Å². The molecule has 0 spiro atoms. The number of hydrogen-bond acceptors (Lipinski definition) is 1. The minimum absolute atomic E-state index is 0.0791. The number of rotatable bonds is 4. The third-order valence-corrected chi connectivity index (χ3v) is 3.64. The Labute approximate surface area is 122 Å². The summed E-state index contributed by atoms with van der Waals surface area (Å²) < 4.78 is 14.7. The second-order valence-corrected chi connectivity index (χ2v) is 5.50. The molecule has 100 valence electrons. The first-order valence-corrected chi connectivity index (χ1v) is 7.20. The van der Waals surface area contributed by atoms with E-state index >= 15 is 0 Å². The molecular weight excluding hydrogens is 305 g/mol. The zero-order valence-electron chi connectivity index (χ0n) is 11.1. The maximum atomic E-state index is 13.8. The number of nitrogens with one attached hydrogen (secondary N) is 1. The number of hydrogen-bond donors (Lipinski definition) is 1. The Morgan fingerprint density at radius 2 is 2.00 bits per heavy atom. The van der Waals surface area contributed by atoms with E-state index in [1.807, 2.05) is 25.1 Å². The van der Waals surface area contributed by atoms with Gasteiger partial charge in [-0.3, -0.25) is 0 Å². The summed E-state index contributed by atoms with van der Waals surface area (Å²) in [6.45, 7) is 4.08. The summed E-state index contributed by atoms with van der Waals surface area (Å²) in [6, 6.07) is 13.2. The molecule has 1 atom stereocenters. The molecule has 19 heavy (non-hydrogen) atoms. The zero-order valence-corrected chi connectivity index (χ0v) is 12.7. The van der Waals surface area contributed by atoms with Crippen molar-refractivity contribution in [1.82, 2.24) is 0 Å². The van der Waals surface area contributed by atoms with Crippen molar-refractivity contribution < 1.29 is 4.39 Å². The van der Waals surface area contributed by atoms with Crippen molar-refractivity contribution in [2.24, 2.45) is 0 Å². The molecule has 1 nitrogen and oxygen atoms in total. The van der Waals surface area contributed by atoms with Crippen LogP contribution in [0.5, 0.6) is 0 Å². The molecule has 2 aromatic rings. The van der Waals surface area contributed by atoms with Crippen LogP contribution in [0.2, 0.25) is 0 Å². The third-order valence-electron chi connectivity index (χ3n) is 3.14. The monoisotopic (exact) mass is 321 g/mol. The summed E-state index contributed by atoms with van der Waals surface area (Å²) in [5.41, 5.74) is 2.95. The number of halogens is 2. The van der Waals surface area contributed by atoms with Crippen LogP contribution < -0.4 is 5.32 Å². The van der Waals surface area contributed by atoms with Gasteiger partial charge in [0, 0.05) is 15.7 Å². The topological polar surface area (TPSA) is 12.0 Å². The lowest BCUT2D eigenvalue weighted by Crippen LogP contribution is -2.08. The predicted octanol–water partition coefficient (Wildman–Crippen LogP) is 5.32. The number of benzene rings is 2. The highest BCUT2D eigenvalue weighted by Gasteiger charge is 2.11. The Balaban J connectivity index is 2.20. The molecule has 2 rings (SSSR count). The van der Waals surface area contributed by atoms with Gasteiger partial charge >= 0.3 is 0 Å². The van der Waals surface area contributed by atoms with E-state index in [1.54, 1.807) is 6.07 Å². The Hall–Kier alpha value is -1.35. The van der Waals surface area contributed by atoms with E-state index in [0.717, 1.165) is 16.6 Å².